The quantitative estimate of drug-likeness (QED) is 0.598. The van der Waals surface area contributed by atoms with Gasteiger partial charge < -0.3 is 4.74 Å². The van der Waals surface area contributed by atoms with Crippen LogP contribution in [0.15, 0.2) is 24.3 Å². The molecule has 0 aliphatic carbocycles. The van der Waals surface area contributed by atoms with Crippen LogP contribution in [-0.2, 0) is 20.9 Å². The maximum atomic E-state index is 12.0. The van der Waals surface area contributed by atoms with Crippen LogP contribution in [0.1, 0.15) is 18.9 Å². The Balaban J connectivity index is 2.68. The van der Waals surface area contributed by atoms with Crippen LogP contribution < -0.4 is 4.74 Å². The lowest BCUT2D eigenvalue weighted by molar-refractivity contribution is -0.0547. The van der Waals surface area contributed by atoms with Crippen molar-refractivity contribution in [3.8, 4) is 5.75 Å². The summed E-state index contributed by atoms with van der Waals surface area (Å²) in [4.78, 5) is 0. The van der Waals surface area contributed by atoms with Gasteiger partial charge in [0.2, 0.25) is 0 Å². The summed E-state index contributed by atoms with van der Waals surface area (Å²) in [7, 11) is -5.57. The third kappa shape index (κ3) is 4.71. The van der Waals surface area contributed by atoms with Crippen LogP contribution in [0.4, 0.5) is 13.2 Å². The monoisotopic (exact) mass is 298 g/mol. The normalized spacial score (nSPS) is 12.4. The zero-order chi connectivity index (χ0) is 14.5. The van der Waals surface area contributed by atoms with Crippen molar-refractivity contribution in [3.63, 3.8) is 0 Å². The van der Waals surface area contributed by atoms with Crippen molar-refractivity contribution in [2.75, 3.05) is 6.61 Å². The molecule has 0 aromatic heterocycles. The SMILES string of the molecule is CCCOc1cccc(COS(=O)(=O)C(F)(F)F)c1. The van der Waals surface area contributed by atoms with Crippen LogP contribution in [0.3, 0.4) is 0 Å². The molecule has 0 amide bonds. The molecule has 0 fully saturated rings. The zero-order valence-corrected chi connectivity index (χ0v) is 10.9. The van der Waals surface area contributed by atoms with E-state index in [4.69, 9.17) is 4.74 Å². The van der Waals surface area contributed by atoms with E-state index < -0.39 is 22.2 Å². The summed E-state index contributed by atoms with van der Waals surface area (Å²) in [6, 6.07) is 6.05. The first kappa shape index (κ1) is 15.8. The van der Waals surface area contributed by atoms with E-state index in [2.05, 4.69) is 4.18 Å². The molecule has 0 spiro atoms. The second-order valence-corrected chi connectivity index (χ2v) is 5.26. The molecule has 0 aliphatic rings. The molecule has 0 heterocycles. The van der Waals surface area contributed by atoms with Gasteiger partial charge in [-0.15, -0.1) is 0 Å². The molecule has 0 radical (unpaired) electrons. The number of ether oxygens (including phenoxy) is 1. The highest BCUT2D eigenvalue weighted by Crippen LogP contribution is 2.26. The van der Waals surface area contributed by atoms with Gasteiger partial charge in [-0.3, -0.25) is 4.18 Å². The number of hydrogen-bond acceptors (Lipinski definition) is 4. The van der Waals surface area contributed by atoms with Crippen LogP contribution in [0.2, 0.25) is 0 Å². The second-order valence-electron chi connectivity index (χ2n) is 3.66. The summed E-state index contributed by atoms with van der Waals surface area (Å²) in [6.07, 6.45) is 0.781. The fraction of sp³-hybridized carbons (Fsp3) is 0.455. The molecule has 0 N–H and O–H groups in total. The van der Waals surface area contributed by atoms with Crippen molar-refractivity contribution >= 4 is 10.1 Å². The van der Waals surface area contributed by atoms with Gasteiger partial charge in [-0.25, -0.2) is 0 Å². The molecule has 1 aromatic carbocycles. The minimum atomic E-state index is -5.57. The van der Waals surface area contributed by atoms with Gasteiger partial charge in [-0.05, 0) is 24.1 Å². The van der Waals surface area contributed by atoms with E-state index >= 15 is 0 Å². The van der Waals surface area contributed by atoms with E-state index in [1.807, 2.05) is 6.92 Å². The Morgan fingerprint density at radius 3 is 2.53 bits per heavy atom. The van der Waals surface area contributed by atoms with Gasteiger partial charge in [-0.2, -0.15) is 21.6 Å². The van der Waals surface area contributed by atoms with Crippen LogP contribution in [0.5, 0.6) is 5.75 Å². The van der Waals surface area contributed by atoms with Crippen LogP contribution in [0, 0.1) is 0 Å². The lowest BCUT2D eigenvalue weighted by atomic mass is 10.2. The van der Waals surface area contributed by atoms with E-state index in [-0.39, 0.29) is 5.56 Å². The molecular formula is C11H13F3O4S. The summed E-state index contributed by atoms with van der Waals surface area (Å²) < 4.78 is 66.7. The molecule has 0 aliphatic heterocycles. The van der Waals surface area contributed by atoms with Crippen LogP contribution in [0.25, 0.3) is 0 Å². The Bertz CT molecular complexity index is 511. The summed E-state index contributed by atoms with van der Waals surface area (Å²) in [5.74, 6) is 0.451. The Morgan fingerprint density at radius 2 is 1.95 bits per heavy atom. The molecule has 108 valence electrons. The van der Waals surface area contributed by atoms with E-state index in [1.165, 1.54) is 12.1 Å². The minimum absolute atomic E-state index is 0.279. The fourth-order valence-electron chi connectivity index (χ4n) is 1.16. The highest BCUT2D eigenvalue weighted by atomic mass is 32.2. The summed E-state index contributed by atoms with van der Waals surface area (Å²) in [5, 5.41) is 0. The van der Waals surface area contributed by atoms with E-state index in [1.54, 1.807) is 12.1 Å². The Kier molecular flexibility index (Phi) is 5.19. The lowest BCUT2D eigenvalue weighted by Gasteiger charge is -2.09. The molecule has 0 unspecified atom stereocenters. The fourth-order valence-corrected chi connectivity index (χ4v) is 1.58. The molecule has 4 nitrogen and oxygen atoms in total. The number of alkyl halides is 3. The Hall–Kier alpha value is -1.28. The van der Waals surface area contributed by atoms with Gasteiger partial charge in [0.15, 0.2) is 0 Å². The maximum Gasteiger partial charge on any atom is 0.523 e. The molecule has 0 bridgehead atoms. The molecule has 19 heavy (non-hydrogen) atoms. The third-order valence-electron chi connectivity index (χ3n) is 2.04. The number of halogens is 3. The molecule has 1 aromatic rings. The number of rotatable bonds is 6. The van der Waals surface area contributed by atoms with Crippen LogP contribution in [-0.4, -0.2) is 20.5 Å². The Labute approximate surface area is 109 Å². The highest BCUT2D eigenvalue weighted by Gasteiger charge is 2.47. The molecular weight excluding hydrogens is 285 g/mol. The van der Waals surface area contributed by atoms with Crippen molar-refractivity contribution in [2.24, 2.45) is 0 Å². The van der Waals surface area contributed by atoms with Crippen molar-refractivity contribution in [1.82, 2.24) is 0 Å². The predicted molar refractivity (Wildman–Crippen MR) is 62.0 cm³/mol. The zero-order valence-electron chi connectivity index (χ0n) is 10.1. The number of benzene rings is 1. The standard InChI is InChI=1S/C11H13F3O4S/c1-2-6-17-10-5-3-4-9(7-10)8-18-19(15,16)11(12,13)14/h3-5,7H,2,6,8H2,1H3. The first-order valence-corrected chi connectivity index (χ1v) is 6.84. The van der Waals surface area contributed by atoms with Gasteiger partial charge >= 0.3 is 15.6 Å². The molecule has 0 atom stereocenters. The molecule has 0 saturated carbocycles. The van der Waals surface area contributed by atoms with Gasteiger partial charge in [0.05, 0.1) is 13.2 Å². The van der Waals surface area contributed by atoms with E-state index in [0.29, 0.717) is 12.4 Å². The highest BCUT2D eigenvalue weighted by molar-refractivity contribution is 7.87. The van der Waals surface area contributed by atoms with Crippen LogP contribution >= 0.6 is 0 Å². The largest absolute Gasteiger partial charge is 0.523 e. The van der Waals surface area contributed by atoms with Gasteiger partial charge in [0.25, 0.3) is 0 Å². The second kappa shape index (κ2) is 6.25. The number of hydrogen-bond donors (Lipinski definition) is 0. The first-order valence-electron chi connectivity index (χ1n) is 5.43. The average molecular weight is 298 g/mol. The minimum Gasteiger partial charge on any atom is -0.494 e. The smallest absolute Gasteiger partial charge is 0.494 e. The van der Waals surface area contributed by atoms with Crippen molar-refractivity contribution in [2.45, 2.75) is 25.5 Å². The van der Waals surface area contributed by atoms with Crippen molar-refractivity contribution in [1.29, 1.82) is 0 Å². The summed E-state index contributed by atoms with van der Waals surface area (Å²) >= 11 is 0. The van der Waals surface area contributed by atoms with Crippen molar-refractivity contribution in [3.05, 3.63) is 29.8 Å². The van der Waals surface area contributed by atoms with Gasteiger partial charge in [0, 0.05) is 0 Å². The predicted octanol–water partition coefficient (Wildman–Crippen LogP) is 2.84. The lowest BCUT2D eigenvalue weighted by Crippen LogP contribution is -2.25. The van der Waals surface area contributed by atoms with Gasteiger partial charge in [-0.1, -0.05) is 19.1 Å². The van der Waals surface area contributed by atoms with Crippen molar-refractivity contribution < 1.29 is 30.5 Å². The molecule has 1 rings (SSSR count). The topological polar surface area (TPSA) is 52.6 Å². The van der Waals surface area contributed by atoms with E-state index in [0.717, 1.165) is 6.42 Å². The summed E-state index contributed by atoms with van der Waals surface area (Å²) in [5.41, 5.74) is -5.13. The maximum absolute atomic E-state index is 12.0. The van der Waals surface area contributed by atoms with Gasteiger partial charge in [0.1, 0.15) is 5.75 Å². The summed E-state index contributed by atoms with van der Waals surface area (Å²) in [6.45, 7) is 1.68. The average Bonchev–Trinajstić information content (AvgIpc) is 2.33. The molecule has 8 heteroatoms. The molecule has 0 saturated heterocycles. The Morgan fingerprint density at radius 1 is 1.26 bits per heavy atom. The van der Waals surface area contributed by atoms with E-state index in [9.17, 15) is 21.6 Å². The first-order chi connectivity index (χ1) is 8.76. The third-order valence-corrected chi connectivity index (χ3v) is 3.03.